The van der Waals surface area contributed by atoms with Crippen molar-refractivity contribution in [3.63, 3.8) is 0 Å². The fourth-order valence-electron chi connectivity index (χ4n) is 2.23. The molecule has 1 aromatic carbocycles. The molecule has 0 aliphatic rings. The monoisotopic (exact) mass is 362 g/mol. The van der Waals surface area contributed by atoms with Crippen LogP contribution in [0.25, 0.3) is 9.88 Å². The van der Waals surface area contributed by atoms with E-state index in [1.807, 2.05) is 48.7 Å². The van der Waals surface area contributed by atoms with Crippen molar-refractivity contribution < 1.29 is 4.79 Å². The summed E-state index contributed by atoms with van der Waals surface area (Å²) >= 11 is 9.09. The van der Waals surface area contributed by atoms with E-state index in [-0.39, 0.29) is 11.9 Å². The smallest absolute Gasteiger partial charge is 0.265 e. The number of thiazole rings is 1. The number of thiophene rings is 1. The zero-order valence-corrected chi connectivity index (χ0v) is 15.1. The van der Waals surface area contributed by atoms with E-state index in [0.29, 0.717) is 9.90 Å². The lowest BCUT2D eigenvalue weighted by molar-refractivity contribution is 0.0747. The van der Waals surface area contributed by atoms with E-state index in [4.69, 9.17) is 11.6 Å². The Labute approximate surface area is 148 Å². The number of carbonyl (C=O) groups excluding carboxylic acids is 1. The average Bonchev–Trinajstić information content (AvgIpc) is 3.23. The van der Waals surface area contributed by atoms with Crippen LogP contribution in [-0.2, 0) is 0 Å². The van der Waals surface area contributed by atoms with Gasteiger partial charge in [0.2, 0.25) is 0 Å². The Morgan fingerprint density at radius 3 is 2.83 bits per heavy atom. The third-order valence-electron chi connectivity index (χ3n) is 3.68. The van der Waals surface area contributed by atoms with Crippen LogP contribution < -0.4 is 0 Å². The van der Waals surface area contributed by atoms with Gasteiger partial charge in [-0.2, -0.15) is 0 Å². The van der Waals surface area contributed by atoms with Crippen LogP contribution in [0.2, 0.25) is 5.02 Å². The van der Waals surface area contributed by atoms with Crippen LogP contribution in [0.4, 0.5) is 0 Å². The first-order chi connectivity index (χ1) is 11.1. The molecule has 1 atom stereocenters. The Hall–Kier alpha value is -1.69. The second-order valence-electron chi connectivity index (χ2n) is 5.15. The molecule has 0 aliphatic heterocycles. The molecule has 0 aliphatic carbocycles. The van der Waals surface area contributed by atoms with Crippen LogP contribution in [-0.4, -0.2) is 22.8 Å². The molecule has 1 amide bonds. The van der Waals surface area contributed by atoms with Gasteiger partial charge in [0.1, 0.15) is 9.88 Å². The molecule has 3 rings (SSSR count). The third kappa shape index (κ3) is 3.47. The Kier molecular flexibility index (Phi) is 4.80. The maximum atomic E-state index is 12.7. The van der Waals surface area contributed by atoms with Gasteiger partial charge in [-0.3, -0.25) is 4.79 Å². The van der Waals surface area contributed by atoms with E-state index in [1.165, 1.54) is 11.3 Å². The van der Waals surface area contributed by atoms with E-state index < -0.39 is 0 Å². The Balaban J connectivity index is 1.79. The SMILES string of the molecule is CC(c1cccc(Cl)c1)N(C)C(=O)c1cnc(-c2cccs2)s1. The highest BCUT2D eigenvalue weighted by Gasteiger charge is 2.21. The molecule has 6 heteroatoms. The van der Waals surface area contributed by atoms with Crippen molar-refractivity contribution in [2.24, 2.45) is 0 Å². The number of nitrogens with zero attached hydrogens (tertiary/aromatic N) is 2. The second kappa shape index (κ2) is 6.83. The molecule has 3 aromatic rings. The summed E-state index contributed by atoms with van der Waals surface area (Å²) in [6.45, 7) is 1.99. The van der Waals surface area contributed by atoms with E-state index in [2.05, 4.69) is 4.98 Å². The molecular weight excluding hydrogens is 348 g/mol. The molecule has 0 N–H and O–H groups in total. The lowest BCUT2D eigenvalue weighted by Crippen LogP contribution is -2.29. The molecule has 2 aromatic heterocycles. The minimum Gasteiger partial charge on any atom is -0.334 e. The van der Waals surface area contributed by atoms with Crippen molar-refractivity contribution in [1.29, 1.82) is 0 Å². The van der Waals surface area contributed by atoms with E-state index in [9.17, 15) is 4.79 Å². The summed E-state index contributed by atoms with van der Waals surface area (Å²) in [5, 5.41) is 3.56. The molecule has 0 fully saturated rings. The van der Waals surface area contributed by atoms with Crippen LogP contribution in [0, 0.1) is 0 Å². The van der Waals surface area contributed by atoms with Gasteiger partial charge in [0.25, 0.3) is 5.91 Å². The molecule has 0 spiro atoms. The predicted octanol–water partition coefficient (Wildman–Crippen LogP) is 5.36. The first-order valence-electron chi connectivity index (χ1n) is 7.08. The molecule has 0 bridgehead atoms. The van der Waals surface area contributed by atoms with Crippen LogP contribution in [0.3, 0.4) is 0 Å². The Morgan fingerprint density at radius 2 is 2.13 bits per heavy atom. The summed E-state index contributed by atoms with van der Waals surface area (Å²) < 4.78 is 0. The van der Waals surface area contributed by atoms with E-state index in [1.54, 1.807) is 29.5 Å². The fraction of sp³-hybridized carbons (Fsp3) is 0.176. The van der Waals surface area contributed by atoms with Crippen LogP contribution in [0.1, 0.15) is 28.2 Å². The molecule has 0 saturated carbocycles. The highest BCUT2D eigenvalue weighted by Crippen LogP contribution is 2.30. The standard InChI is InChI=1S/C17H15ClN2OS2/c1-11(12-5-3-6-13(18)9-12)20(2)17(21)15-10-19-16(23-15)14-7-4-8-22-14/h3-11H,1-2H3. The molecule has 1 unspecified atom stereocenters. The number of hydrogen-bond acceptors (Lipinski definition) is 4. The van der Waals surface area contributed by atoms with Crippen LogP contribution >= 0.6 is 34.3 Å². The number of carbonyl (C=O) groups is 1. The van der Waals surface area contributed by atoms with Gasteiger partial charge in [-0.25, -0.2) is 4.98 Å². The summed E-state index contributed by atoms with van der Waals surface area (Å²) in [5.74, 6) is -0.0298. The van der Waals surface area contributed by atoms with Gasteiger partial charge in [-0.15, -0.1) is 22.7 Å². The largest absolute Gasteiger partial charge is 0.334 e. The fourth-order valence-corrected chi connectivity index (χ4v) is 4.13. The molecule has 0 radical (unpaired) electrons. The van der Waals surface area contributed by atoms with E-state index in [0.717, 1.165) is 15.4 Å². The van der Waals surface area contributed by atoms with Crippen molar-refractivity contribution in [3.8, 4) is 9.88 Å². The van der Waals surface area contributed by atoms with Crippen molar-refractivity contribution in [2.45, 2.75) is 13.0 Å². The van der Waals surface area contributed by atoms with Crippen molar-refractivity contribution >= 4 is 40.2 Å². The highest BCUT2D eigenvalue weighted by atomic mass is 35.5. The van der Waals surface area contributed by atoms with Gasteiger partial charge in [0.15, 0.2) is 0 Å². The highest BCUT2D eigenvalue weighted by molar-refractivity contribution is 7.21. The minimum absolute atomic E-state index is 0.0298. The minimum atomic E-state index is -0.0616. The van der Waals surface area contributed by atoms with E-state index >= 15 is 0 Å². The average molecular weight is 363 g/mol. The molecule has 2 heterocycles. The summed E-state index contributed by atoms with van der Waals surface area (Å²) in [4.78, 5) is 20.5. The summed E-state index contributed by atoms with van der Waals surface area (Å²) in [7, 11) is 1.80. The molecule has 0 saturated heterocycles. The quantitative estimate of drug-likeness (QED) is 0.626. The summed E-state index contributed by atoms with van der Waals surface area (Å²) in [5.41, 5.74) is 1.01. The topological polar surface area (TPSA) is 33.2 Å². The number of hydrogen-bond donors (Lipinski definition) is 0. The normalized spacial score (nSPS) is 12.1. The van der Waals surface area contributed by atoms with Crippen molar-refractivity contribution in [2.75, 3.05) is 7.05 Å². The molecular formula is C17H15ClN2OS2. The number of amides is 1. The number of halogens is 1. The lowest BCUT2D eigenvalue weighted by atomic mass is 10.1. The lowest BCUT2D eigenvalue weighted by Gasteiger charge is -2.24. The number of aromatic nitrogens is 1. The van der Waals surface area contributed by atoms with Crippen LogP contribution in [0.15, 0.2) is 48.0 Å². The zero-order chi connectivity index (χ0) is 16.4. The maximum absolute atomic E-state index is 12.7. The Bertz CT molecular complexity index is 814. The first-order valence-corrected chi connectivity index (χ1v) is 9.16. The third-order valence-corrected chi connectivity index (χ3v) is 5.94. The maximum Gasteiger partial charge on any atom is 0.265 e. The second-order valence-corrected chi connectivity index (χ2v) is 7.57. The number of benzene rings is 1. The van der Waals surface area contributed by atoms with Gasteiger partial charge >= 0.3 is 0 Å². The van der Waals surface area contributed by atoms with Gasteiger partial charge < -0.3 is 4.90 Å². The molecule has 23 heavy (non-hydrogen) atoms. The van der Waals surface area contributed by atoms with Gasteiger partial charge in [-0.05, 0) is 36.1 Å². The molecule has 118 valence electrons. The zero-order valence-electron chi connectivity index (χ0n) is 12.7. The van der Waals surface area contributed by atoms with Gasteiger partial charge in [-0.1, -0.05) is 29.8 Å². The summed E-state index contributed by atoms with van der Waals surface area (Å²) in [6.07, 6.45) is 1.66. The number of rotatable bonds is 4. The van der Waals surface area contributed by atoms with Crippen molar-refractivity contribution in [3.05, 3.63) is 63.4 Å². The first kappa shape index (κ1) is 16.2. The van der Waals surface area contributed by atoms with Crippen LogP contribution in [0.5, 0.6) is 0 Å². The van der Waals surface area contributed by atoms with Gasteiger partial charge in [0.05, 0.1) is 17.1 Å². The Morgan fingerprint density at radius 1 is 1.30 bits per heavy atom. The van der Waals surface area contributed by atoms with Gasteiger partial charge in [0, 0.05) is 12.1 Å². The van der Waals surface area contributed by atoms with Crippen molar-refractivity contribution in [1.82, 2.24) is 9.88 Å². The molecule has 3 nitrogen and oxygen atoms in total. The summed E-state index contributed by atoms with van der Waals surface area (Å²) in [6, 6.07) is 11.5. The predicted molar refractivity (Wildman–Crippen MR) is 97.4 cm³/mol.